The summed E-state index contributed by atoms with van der Waals surface area (Å²) in [5.74, 6) is 0.584. The maximum Gasteiger partial charge on any atom is 0.237 e. The van der Waals surface area contributed by atoms with E-state index in [4.69, 9.17) is 10.3 Å². The van der Waals surface area contributed by atoms with Crippen molar-refractivity contribution in [2.45, 2.75) is 46.2 Å². The van der Waals surface area contributed by atoms with Crippen molar-refractivity contribution in [3.8, 4) is 0 Å². The van der Waals surface area contributed by atoms with Gasteiger partial charge >= 0.3 is 0 Å². The molecule has 2 atom stereocenters. The molecule has 0 aliphatic rings. The van der Waals surface area contributed by atoms with Gasteiger partial charge in [0.25, 0.3) is 0 Å². The van der Waals surface area contributed by atoms with Crippen LogP contribution in [0.25, 0.3) is 0 Å². The van der Waals surface area contributed by atoms with Crippen LogP contribution in [0.4, 0.5) is 0 Å². The summed E-state index contributed by atoms with van der Waals surface area (Å²) in [4.78, 5) is 11.5. The molecule has 0 aromatic carbocycles. The minimum Gasteiger partial charge on any atom is -0.361 e. The quantitative estimate of drug-likeness (QED) is 0.863. The fraction of sp³-hybridized carbons (Fsp3) is 0.636. The second-order valence-corrected chi connectivity index (χ2v) is 4.00. The molecule has 1 rings (SSSR count). The number of hydrogen-bond donors (Lipinski definition) is 2. The zero-order chi connectivity index (χ0) is 12.3. The van der Waals surface area contributed by atoms with E-state index >= 15 is 0 Å². The first-order valence-corrected chi connectivity index (χ1v) is 5.46. The number of nitrogens with one attached hydrogen (secondary N) is 1. The van der Waals surface area contributed by atoms with Crippen LogP contribution in [0.15, 0.2) is 4.52 Å². The first kappa shape index (κ1) is 15.9. The summed E-state index contributed by atoms with van der Waals surface area (Å²) in [6, 6.07) is -0.584. The first-order valence-electron chi connectivity index (χ1n) is 5.46. The van der Waals surface area contributed by atoms with Crippen LogP contribution >= 0.6 is 12.4 Å². The van der Waals surface area contributed by atoms with Crippen molar-refractivity contribution < 1.29 is 9.32 Å². The average Bonchev–Trinajstić information content (AvgIpc) is 2.55. The summed E-state index contributed by atoms with van der Waals surface area (Å²) < 4.78 is 5.09. The molecule has 1 amide bonds. The SMILES string of the molecule is CCC(NC(=O)[C@@H](C)N)c1c(C)noc1C.Cl. The second-order valence-electron chi connectivity index (χ2n) is 4.00. The van der Waals surface area contributed by atoms with E-state index in [0.29, 0.717) is 0 Å². The van der Waals surface area contributed by atoms with Gasteiger partial charge in [0.2, 0.25) is 5.91 Å². The molecule has 1 aromatic heterocycles. The molecule has 0 bridgehead atoms. The van der Waals surface area contributed by atoms with Crippen LogP contribution in [0, 0.1) is 13.8 Å². The van der Waals surface area contributed by atoms with Crippen molar-refractivity contribution >= 4 is 18.3 Å². The molecule has 0 saturated carbocycles. The fourth-order valence-corrected chi connectivity index (χ4v) is 1.67. The minimum atomic E-state index is -0.505. The van der Waals surface area contributed by atoms with Crippen molar-refractivity contribution in [2.75, 3.05) is 0 Å². The Hall–Kier alpha value is -1.07. The Morgan fingerprint density at radius 1 is 1.53 bits per heavy atom. The number of hydrogen-bond acceptors (Lipinski definition) is 4. The monoisotopic (exact) mass is 261 g/mol. The first-order chi connectivity index (χ1) is 7.47. The van der Waals surface area contributed by atoms with Crippen molar-refractivity contribution in [3.63, 3.8) is 0 Å². The molecule has 17 heavy (non-hydrogen) atoms. The number of aryl methyl sites for hydroxylation is 2. The van der Waals surface area contributed by atoms with Gasteiger partial charge in [0.05, 0.1) is 17.8 Å². The largest absolute Gasteiger partial charge is 0.361 e. The minimum absolute atomic E-state index is 0. The highest BCUT2D eigenvalue weighted by molar-refractivity contribution is 5.85. The highest BCUT2D eigenvalue weighted by atomic mass is 35.5. The number of carbonyl (C=O) groups is 1. The van der Waals surface area contributed by atoms with E-state index in [9.17, 15) is 4.79 Å². The lowest BCUT2D eigenvalue weighted by molar-refractivity contribution is -0.122. The van der Waals surface area contributed by atoms with E-state index in [1.807, 2.05) is 20.8 Å². The number of rotatable bonds is 4. The molecule has 0 fully saturated rings. The van der Waals surface area contributed by atoms with Crippen LogP contribution in [0.5, 0.6) is 0 Å². The van der Waals surface area contributed by atoms with E-state index < -0.39 is 6.04 Å². The Bertz CT molecular complexity index is 357. The molecule has 5 nitrogen and oxygen atoms in total. The smallest absolute Gasteiger partial charge is 0.237 e. The third-order valence-electron chi connectivity index (χ3n) is 2.58. The molecule has 98 valence electrons. The molecule has 3 N–H and O–H groups in total. The zero-order valence-electron chi connectivity index (χ0n) is 10.6. The molecule has 1 aromatic rings. The number of amides is 1. The van der Waals surface area contributed by atoms with Crippen LogP contribution in [-0.2, 0) is 4.79 Å². The van der Waals surface area contributed by atoms with E-state index in [1.54, 1.807) is 6.92 Å². The number of nitrogens with two attached hydrogens (primary N) is 1. The van der Waals surface area contributed by atoms with Gasteiger partial charge in [-0.15, -0.1) is 12.4 Å². The van der Waals surface area contributed by atoms with Gasteiger partial charge in [0.1, 0.15) is 5.76 Å². The Morgan fingerprint density at radius 3 is 2.47 bits per heavy atom. The van der Waals surface area contributed by atoms with E-state index in [2.05, 4.69) is 10.5 Å². The predicted octanol–water partition coefficient (Wildman–Crippen LogP) is 1.63. The zero-order valence-corrected chi connectivity index (χ0v) is 11.4. The lowest BCUT2D eigenvalue weighted by Gasteiger charge is -2.18. The van der Waals surface area contributed by atoms with Crippen LogP contribution in [0.3, 0.4) is 0 Å². The predicted molar refractivity (Wildman–Crippen MR) is 68.0 cm³/mol. The lowest BCUT2D eigenvalue weighted by atomic mass is 10.0. The van der Waals surface area contributed by atoms with Gasteiger partial charge in [-0.25, -0.2) is 0 Å². The highest BCUT2D eigenvalue weighted by Crippen LogP contribution is 2.23. The molecular weight excluding hydrogens is 242 g/mol. The van der Waals surface area contributed by atoms with Crippen molar-refractivity contribution in [1.82, 2.24) is 10.5 Å². The second kappa shape index (κ2) is 6.61. The maximum atomic E-state index is 11.5. The third-order valence-corrected chi connectivity index (χ3v) is 2.58. The Morgan fingerprint density at radius 2 is 2.12 bits per heavy atom. The standard InChI is InChI=1S/C11H19N3O2.ClH/c1-5-9(13-11(15)6(2)12)10-7(3)14-16-8(10)4;/h6,9H,5,12H2,1-4H3,(H,13,15);1H/t6-,9?;/m1./s1. The number of nitrogens with zero attached hydrogens (tertiary/aromatic N) is 1. The summed E-state index contributed by atoms with van der Waals surface area (Å²) in [5, 5.41) is 6.77. The summed E-state index contributed by atoms with van der Waals surface area (Å²) in [7, 11) is 0. The molecule has 6 heteroatoms. The topological polar surface area (TPSA) is 81.2 Å². The normalized spacial score (nSPS) is 13.7. The Kier molecular flexibility index (Phi) is 6.20. The maximum absolute atomic E-state index is 11.5. The summed E-state index contributed by atoms with van der Waals surface area (Å²) in [6.07, 6.45) is 0.779. The molecule has 0 aliphatic carbocycles. The molecule has 0 aliphatic heterocycles. The molecule has 0 saturated heterocycles. The molecule has 1 heterocycles. The van der Waals surface area contributed by atoms with Crippen LogP contribution in [0.1, 0.15) is 43.3 Å². The lowest BCUT2D eigenvalue weighted by Crippen LogP contribution is -2.40. The highest BCUT2D eigenvalue weighted by Gasteiger charge is 2.21. The van der Waals surface area contributed by atoms with Crippen molar-refractivity contribution in [2.24, 2.45) is 5.73 Å². The van der Waals surface area contributed by atoms with Gasteiger partial charge in [-0.3, -0.25) is 4.79 Å². The summed E-state index contributed by atoms with van der Waals surface area (Å²) in [6.45, 7) is 7.37. The van der Waals surface area contributed by atoms with Crippen molar-refractivity contribution in [3.05, 3.63) is 17.0 Å². The molecule has 1 unspecified atom stereocenters. The summed E-state index contributed by atoms with van der Waals surface area (Å²) >= 11 is 0. The van der Waals surface area contributed by atoms with E-state index in [0.717, 1.165) is 23.4 Å². The van der Waals surface area contributed by atoms with Crippen LogP contribution in [-0.4, -0.2) is 17.1 Å². The van der Waals surface area contributed by atoms with E-state index in [-0.39, 0.29) is 24.4 Å². The fourth-order valence-electron chi connectivity index (χ4n) is 1.67. The summed E-state index contributed by atoms with van der Waals surface area (Å²) in [5.41, 5.74) is 7.29. The van der Waals surface area contributed by atoms with Gasteiger partial charge in [0.15, 0.2) is 0 Å². The van der Waals surface area contributed by atoms with Gasteiger partial charge in [-0.1, -0.05) is 12.1 Å². The van der Waals surface area contributed by atoms with E-state index in [1.165, 1.54) is 0 Å². The van der Waals surface area contributed by atoms with Gasteiger partial charge in [0, 0.05) is 5.56 Å². The van der Waals surface area contributed by atoms with Gasteiger partial charge in [-0.05, 0) is 27.2 Å². The third kappa shape index (κ3) is 3.71. The molecule has 0 spiro atoms. The van der Waals surface area contributed by atoms with Crippen LogP contribution in [0.2, 0.25) is 0 Å². The molecule has 0 radical (unpaired) electrons. The number of aromatic nitrogens is 1. The Labute approximate surface area is 108 Å². The Balaban J connectivity index is 0.00000256. The van der Waals surface area contributed by atoms with Crippen LogP contribution < -0.4 is 11.1 Å². The van der Waals surface area contributed by atoms with Gasteiger partial charge < -0.3 is 15.6 Å². The van der Waals surface area contributed by atoms with Crippen molar-refractivity contribution in [1.29, 1.82) is 0 Å². The number of carbonyl (C=O) groups excluding carboxylic acids is 1. The average molecular weight is 262 g/mol. The molecular formula is C11H20ClN3O2. The van der Waals surface area contributed by atoms with Gasteiger partial charge in [-0.2, -0.15) is 0 Å². The number of halogens is 1.